The van der Waals surface area contributed by atoms with Crippen LogP contribution in [-0.4, -0.2) is 37.2 Å². The molecule has 1 atom stereocenters. The van der Waals surface area contributed by atoms with Crippen LogP contribution in [0.25, 0.3) is 0 Å². The van der Waals surface area contributed by atoms with Crippen LogP contribution in [0, 0.1) is 11.3 Å². The maximum absolute atomic E-state index is 12.4. The highest BCUT2D eigenvalue weighted by molar-refractivity contribution is 9.10. The molecule has 0 heterocycles. The van der Waals surface area contributed by atoms with E-state index in [9.17, 15) is 9.59 Å². The van der Waals surface area contributed by atoms with Crippen molar-refractivity contribution in [3.05, 3.63) is 34.3 Å². The van der Waals surface area contributed by atoms with Gasteiger partial charge in [-0.1, -0.05) is 28.1 Å². The maximum Gasteiger partial charge on any atom is 0.310 e. The Labute approximate surface area is 145 Å². The second-order valence-electron chi connectivity index (χ2n) is 6.22. The number of aliphatic carboxylic acids is 1. The molecule has 6 heteroatoms. The van der Waals surface area contributed by atoms with Crippen LogP contribution in [0.2, 0.25) is 0 Å². The van der Waals surface area contributed by atoms with Crippen molar-refractivity contribution in [1.82, 2.24) is 5.32 Å². The van der Waals surface area contributed by atoms with Crippen LogP contribution in [0.3, 0.4) is 0 Å². The van der Waals surface area contributed by atoms with Crippen molar-refractivity contribution in [1.29, 1.82) is 0 Å². The number of benzene rings is 1. The first-order valence-electron chi connectivity index (χ1n) is 7.50. The minimum atomic E-state index is -0.989. The highest BCUT2D eigenvalue weighted by atomic mass is 79.9. The van der Waals surface area contributed by atoms with Gasteiger partial charge in [-0.2, -0.15) is 0 Å². The molecule has 1 aromatic carbocycles. The van der Waals surface area contributed by atoms with Gasteiger partial charge in [0.05, 0.1) is 5.41 Å². The molecular formula is C17H24BrNO4. The molecule has 1 unspecified atom stereocenters. The lowest BCUT2D eigenvalue weighted by Gasteiger charge is -2.22. The summed E-state index contributed by atoms with van der Waals surface area (Å²) in [5.74, 6) is -1.33. The third-order valence-electron chi connectivity index (χ3n) is 3.70. The molecule has 0 spiro atoms. The number of halogens is 1. The van der Waals surface area contributed by atoms with Gasteiger partial charge in [0.25, 0.3) is 0 Å². The van der Waals surface area contributed by atoms with E-state index in [1.807, 2.05) is 24.3 Å². The van der Waals surface area contributed by atoms with Crippen molar-refractivity contribution in [2.45, 2.75) is 26.7 Å². The van der Waals surface area contributed by atoms with Gasteiger partial charge in [0.2, 0.25) is 5.91 Å². The average molecular weight is 386 g/mol. The lowest BCUT2D eigenvalue weighted by Crippen LogP contribution is -2.42. The number of ether oxygens (including phenoxy) is 1. The first-order valence-corrected chi connectivity index (χ1v) is 8.30. The fraction of sp³-hybridized carbons (Fsp3) is 0.529. The van der Waals surface area contributed by atoms with Gasteiger partial charge in [-0.05, 0) is 44.4 Å². The highest BCUT2D eigenvalue weighted by Gasteiger charge is 2.29. The summed E-state index contributed by atoms with van der Waals surface area (Å²) in [6, 6.07) is 7.81. The number of carboxylic acid groups (broad SMARTS) is 1. The molecule has 128 valence electrons. The number of carbonyl (C=O) groups excluding carboxylic acids is 1. The predicted molar refractivity (Wildman–Crippen MR) is 92.3 cm³/mol. The van der Waals surface area contributed by atoms with E-state index in [1.54, 1.807) is 21.0 Å². The molecule has 0 aliphatic heterocycles. The van der Waals surface area contributed by atoms with E-state index in [4.69, 9.17) is 9.84 Å². The first-order chi connectivity index (χ1) is 10.8. The lowest BCUT2D eigenvalue weighted by atomic mass is 9.92. The van der Waals surface area contributed by atoms with E-state index in [0.717, 1.165) is 10.0 Å². The average Bonchev–Trinajstić information content (AvgIpc) is 2.49. The number of rotatable bonds is 9. The van der Waals surface area contributed by atoms with Gasteiger partial charge in [-0.25, -0.2) is 0 Å². The van der Waals surface area contributed by atoms with E-state index in [-0.39, 0.29) is 18.4 Å². The van der Waals surface area contributed by atoms with E-state index < -0.39 is 11.4 Å². The Morgan fingerprint density at radius 2 is 2.09 bits per heavy atom. The second kappa shape index (κ2) is 9.03. The molecule has 1 rings (SSSR count). The van der Waals surface area contributed by atoms with Gasteiger partial charge in [0.1, 0.15) is 0 Å². The molecule has 0 aromatic heterocycles. The van der Waals surface area contributed by atoms with Gasteiger partial charge in [-0.3, -0.25) is 9.59 Å². The zero-order chi connectivity index (χ0) is 17.5. The third kappa shape index (κ3) is 6.71. The molecule has 2 N–H and O–H groups in total. The minimum Gasteiger partial charge on any atom is -0.481 e. The van der Waals surface area contributed by atoms with Gasteiger partial charge in [0.15, 0.2) is 0 Å². The molecule has 0 saturated carbocycles. The number of amides is 1. The summed E-state index contributed by atoms with van der Waals surface area (Å²) in [5.41, 5.74) is 0.0603. The Balaban J connectivity index is 2.72. The number of hydrogen-bond acceptors (Lipinski definition) is 3. The quantitative estimate of drug-likeness (QED) is 0.685. The van der Waals surface area contributed by atoms with Crippen molar-refractivity contribution in [2.24, 2.45) is 11.3 Å². The SMILES string of the molecule is COCCC(Cc1cccc(Br)c1)C(=O)NCC(C)(C)C(=O)O. The van der Waals surface area contributed by atoms with E-state index in [2.05, 4.69) is 21.2 Å². The van der Waals surface area contributed by atoms with Crippen molar-refractivity contribution < 1.29 is 19.4 Å². The van der Waals surface area contributed by atoms with E-state index in [1.165, 1.54) is 0 Å². The standard InChI is InChI=1S/C17H24BrNO4/c1-17(2,16(21)22)11-19-15(20)13(7-8-23-3)9-12-5-4-6-14(18)10-12/h4-6,10,13H,7-9,11H2,1-3H3,(H,19,20)(H,21,22). The maximum atomic E-state index is 12.4. The van der Waals surface area contributed by atoms with Crippen molar-refractivity contribution in [2.75, 3.05) is 20.3 Å². The largest absolute Gasteiger partial charge is 0.481 e. The zero-order valence-corrected chi connectivity index (χ0v) is 15.4. The van der Waals surface area contributed by atoms with Crippen molar-refractivity contribution in [3.63, 3.8) is 0 Å². The summed E-state index contributed by atoms with van der Waals surface area (Å²) >= 11 is 3.42. The molecule has 0 saturated heterocycles. The fourth-order valence-corrected chi connectivity index (χ4v) is 2.51. The molecule has 1 aromatic rings. The van der Waals surface area contributed by atoms with Crippen LogP contribution in [-0.2, 0) is 20.7 Å². The molecule has 0 aliphatic rings. The number of carboxylic acids is 1. The molecule has 0 aliphatic carbocycles. The number of carbonyl (C=O) groups is 2. The first kappa shape index (κ1) is 19.6. The summed E-state index contributed by atoms with van der Waals surface area (Å²) < 4.78 is 6.05. The van der Waals surface area contributed by atoms with Crippen LogP contribution in [0.1, 0.15) is 25.8 Å². The second-order valence-corrected chi connectivity index (χ2v) is 7.13. The molecule has 0 radical (unpaired) electrons. The number of nitrogens with one attached hydrogen (secondary N) is 1. The van der Waals surface area contributed by atoms with Gasteiger partial charge in [0, 0.05) is 30.7 Å². The topological polar surface area (TPSA) is 75.6 Å². The molecule has 23 heavy (non-hydrogen) atoms. The summed E-state index contributed by atoms with van der Waals surface area (Å²) in [6.45, 7) is 3.76. The van der Waals surface area contributed by atoms with Gasteiger partial charge in [-0.15, -0.1) is 0 Å². The minimum absolute atomic E-state index is 0.100. The van der Waals surface area contributed by atoms with Crippen LogP contribution in [0.4, 0.5) is 0 Å². The Bertz CT molecular complexity index is 545. The number of hydrogen-bond donors (Lipinski definition) is 2. The van der Waals surface area contributed by atoms with Crippen molar-refractivity contribution >= 4 is 27.8 Å². The third-order valence-corrected chi connectivity index (χ3v) is 4.19. The summed E-state index contributed by atoms with van der Waals surface area (Å²) in [5, 5.41) is 11.9. The normalized spacial score (nSPS) is 12.7. The predicted octanol–water partition coefficient (Wildman–Crippen LogP) is 2.87. The molecule has 0 bridgehead atoms. The Hall–Kier alpha value is -1.40. The molecular weight excluding hydrogens is 362 g/mol. The Kier molecular flexibility index (Phi) is 7.72. The zero-order valence-electron chi connectivity index (χ0n) is 13.8. The molecule has 1 amide bonds. The van der Waals surface area contributed by atoms with E-state index in [0.29, 0.717) is 19.4 Å². The van der Waals surface area contributed by atoms with E-state index >= 15 is 0 Å². The molecule has 0 fully saturated rings. The lowest BCUT2D eigenvalue weighted by molar-refractivity contribution is -0.146. The molecule has 5 nitrogen and oxygen atoms in total. The van der Waals surface area contributed by atoms with Gasteiger partial charge >= 0.3 is 5.97 Å². The smallest absolute Gasteiger partial charge is 0.310 e. The summed E-state index contributed by atoms with van der Waals surface area (Å²) in [6.07, 6.45) is 1.17. The fourth-order valence-electron chi connectivity index (χ4n) is 2.06. The summed E-state index contributed by atoms with van der Waals surface area (Å²) in [7, 11) is 1.60. The highest BCUT2D eigenvalue weighted by Crippen LogP contribution is 2.18. The van der Waals surface area contributed by atoms with Crippen LogP contribution >= 0.6 is 15.9 Å². The van der Waals surface area contributed by atoms with Crippen LogP contribution in [0.5, 0.6) is 0 Å². The van der Waals surface area contributed by atoms with Gasteiger partial charge < -0.3 is 15.2 Å². The van der Waals surface area contributed by atoms with Crippen molar-refractivity contribution in [3.8, 4) is 0 Å². The Morgan fingerprint density at radius 3 is 2.65 bits per heavy atom. The number of methoxy groups -OCH3 is 1. The summed E-state index contributed by atoms with van der Waals surface area (Å²) in [4.78, 5) is 23.6. The monoisotopic (exact) mass is 385 g/mol. The van der Waals surface area contributed by atoms with Crippen LogP contribution < -0.4 is 5.32 Å². The van der Waals surface area contributed by atoms with Crippen LogP contribution in [0.15, 0.2) is 28.7 Å². The Morgan fingerprint density at radius 1 is 1.39 bits per heavy atom.